The number of hydrogen-bond acceptors (Lipinski definition) is 5. The summed E-state index contributed by atoms with van der Waals surface area (Å²) >= 11 is 0. The van der Waals surface area contributed by atoms with Gasteiger partial charge in [-0.05, 0) is 55.2 Å². The van der Waals surface area contributed by atoms with Crippen molar-refractivity contribution in [3.8, 4) is 5.75 Å². The molecule has 34 heavy (non-hydrogen) atoms. The molecule has 0 aliphatic carbocycles. The Balaban J connectivity index is 2.36. The van der Waals surface area contributed by atoms with Gasteiger partial charge in [0, 0.05) is 13.1 Å². The molecular formula is C25H35N3O5S. The summed E-state index contributed by atoms with van der Waals surface area (Å²) in [6.45, 7) is 7.68. The third-order valence-corrected chi connectivity index (χ3v) is 6.70. The molecule has 1 atom stereocenters. The normalized spacial score (nSPS) is 12.2. The van der Waals surface area contributed by atoms with E-state index >= 15 is 0 Å². The fraction of sp³-hybridized carbons (Fsp3) is 0.440. The van der Waals surface area contributed by atoms with Crippen molar-refractivity contribution >= 4 is 27.5 Å². The average Bonchev–Trinajstić information content (AvgIpc) is 2.80. The molecule has 0 saturated heterocycles. The van der Waals surface area contributed by atoms with Crippen LogP contribution in [0.1, 0.15) is 44.7 Å². The third kappa shape index (κ3) is 7.21. The lowest BCUT2D eigenvalue weighted by molar-refractivity contribution is -0.139. The van der Waals surface area contributed by atoms with Crippen LogP contribution in [0, 0.1) is 0 Å². The summed E-state index contributed by atoms with van der Waals surface area (Å²) in [5.74, 6) is 0.177. The summed E-state index contributed by atoms with van der Waals surface area (Å²) in [5, 5.41) is 2.73. The first-order valence-corrected chi connectivity index (χ1v) is 13.1. The zero-order valence-electron chi connectivity index (χ0n) is 20.7. The molecule has 0 aliphatic rings. The molecule has 0 fully saturated rings. The molecule has 0 bridgehead atoms. The second-order valence-corrected chi connectivity index (χ2v) is 10.4. The molecule has 9 heteroatoms. The Morgan fingerprint density at radius 2 is 1.59 bits per heavy atom. The van der Waals surface area contributed by atoms with Gasteiger partial charge in [-0.3, -0.25) is 13.9 Å². The van der Waals surface area contributed by atoms with E-state index in [1.54, 1.807) is 45.2 Å². The predicted octanol–water partition coefficient (Wildman–Crippen LogP) is 3.14. The van der Waals surface area contributed by atoms with Gasteiger partial charge in [0.1, 0.15) is 18.3 Å². The number of carbonyl (C=O) groups excluding carboxylic acids is 2. The zero-order valence-corrected chi connectivity index (χ0v) is 21.6. The number of sulfonamides is 1. The van der Waals surface area contributed by atoms with E-state index < -0.39 is 28.5 Å². The molecule has 2 aromatic rings. The Kier molecular flexibility index (Phi) is 9.49. The lowest BCUT2D eigenvalue weighted by Gasteiger charge is -2.31. The van der Waals surface area contributed by atoms with Crippen molar-refractivity contribution in [1.29, 1.82) is 0 Å². The minimum absolute atomic E-state index is 0.144. The minimum Gasteiger partial charge on any atom is -0.497 e. The molecule has 0 saturated carbocycles. The number of nitrogens with zero attached hydrogens (tertiary/aromatic N) is 2. The Morgan fingerprint density at radius 3 is 2.06 bits per heavy atom. The number of amides is 2. The van der Waals surface area contributed by atoms with Crippen molar-refractivity contribution in [3.63, 3.8) is 0 Å². The summed E-state index contributed by atoms with van der Waals surface area (Å²) in [6.07, 6.45) is 1.07. The first kappa shape index (κ1) is 27.2. The molecule has 2 rings (SSSR count). The SMILES string of the molecule is CCNC(=O)[C@@H](C)N(Cc1ccc(OC)cc1)C(=O)CN(c1ccc(C(C)C)cc1)S(C)(=O)=O. The van der Waals surface area contributed by atoms with Crippen LogP contribution in [-0.4, -0.2) is 57.6 Å². The highest BCUT2D eigenvalue weighted by molar-refractivity contribution is 7.92. The number of carbonyl (C=O) groups is 2. The second-order valence-electron chi connectivity index (χ2n) is 8.46. The summed E-state index contributed by atoms with van der Waals surface area (Å²) in [4.78, 5) is 27.4. The van der Waals surface area contributed by atoms with Crippen molar-refractivity contribution in [1.82, 2.24) is 10.2 Å². The van der Waals surface area contributed by atoms with E-state index in [0.29, 0.717) is 23.9 Å². The summed E-state index contributed by atoms with van der Waals surface area (Å²) in [6, 6.07) is 13.5. The molecule has 1 N–H and O–H groups in total. The maximum Gasteiger partial charge on any atom is 0.244 e. The number of likely N-dealkylation sites (N-methyl/N-ethyl adjacent to an activating group) is 1. The smallest absolute Gasteiger partial charge is 0.244 e. The number of benzene rings is 2. The van der Waals surface area contributed by atoms with Crippen molar-refractivity contribution in [2.24, 2.45) is 0 Å². The van der Waals surface area contributed by atoms with Crippen LogP contribution in [0.2, 0.25) is 0 Å². The van der Waals surface area contributed by atoms with Crippen molar-refractivity contribution in [2.75, 3.05) is 30.8 Å². The van der Waals surface area contributed by atoms with Crippen LogP contribution in [0.4, 0.5) is 5.69 Å². The molecule has 8 nitrogen and oxygen atoms in total. The van der Waals surface area contributed by atoms with Crippen LogP contribution in [0.5, 0.6) is 5.75 Å². The van der Waals surface area contributed by atoms with Crippen molar-refractivity contribution in [3.05, 3.63) is 59.7 Å². The van der Waals surface area contributed by atoms with E-state index in [9.17, 15) is 18.0 Å². The molecule has 0 heterocycles. The van der Waals surface area contributed by atoms with Gasteiger partial charge in [-0.2, -0.15) is 0 Å². The van der Waals surface area contributed by atoms with E-state index in [1.165, 1.54) is 4.90 Å². The second kappa shape index (κ2) is 11.9. The van der Waals surface area contributed by atoms with E-state index in [1.807, 2.05) is 38.1 Å². The number of nitrogens with one attached hydrogen (secondary N) is 1. The lowest BCUT2D eigenvalue weighted by Crippen LogP contribution is -2.51. The molecule has 0 unspecified atom stereocenters. The fourth-order valence-electron chi connectivity index (χ4n) is 3.47. The van der Waals surface area contributed by atoms with E-state index in [-0.39, 0.29) is 12.5 Å². The molecule has 2 amide bonds. The monoisotopic (exact) mass is 489 g/mol. The topological polar surface area (TPSA) is 96.0 Å². The Labute approximate surface area is 202 Å². The molecular weight excluding hydrogens is 454 g/mol. The van der Waals surface area contributed by atoms with Crippen molar-refractivity contribution < 1.29 is 22.7 Å². The third-order valence-electron chi connectivity index (χ3n) is 5.56. The van der Waals surface area contributed by atoms with Gasteiger partial charge in [0.2, 0.25) is 21.8 Å². The molecule has 0 radical (unpaired) electrons. The molecule has 0 aromatic heterocycles. The van der Waals surface area contributed by atoms with Crippen LogP contribution in [-0.2, 0) is 26.2 Å². The summed E-state index contributed by atoms with van der Waals surface area (Å²) in [5.41, 5.74) is 2.25. The number of methoxy groups -OCH3 is 1. The maximum absolute atomic E-state index is 13.4. The van der Waals surface area contributed by atoms with Gasteiger partial charge in [0.05, 0.1) is 19.1 Å². The summed E-state index contributed by atoms with van der Waals surface area (Å²) < 4.78 is 31.5. The van der Waals surface area contributed by atoms with Gasteiger partial charge in [-0.15, -0.1) is 0 Å². The zero-order chi connectivity index (χ0) is 25.5. The van der Waals surface area contributed by atoms with Gasteiger partial charge in [-0.25, -0.2) is 8.42 Å². The first-order valence-electron chi connectivity index (χ1n) is 11.3. The Bertz CT molecular complexity index is 1070. The van der Waals surface area contributed by atoms with E-state index in [0.717, 1.165) is 21.7 Å². The molecule has 0 spiro atoms. The number of anilines is 1. The number of hydrogen-bond donors (Lipinski definition) is 1. The van der Waals surface area contributed by atoms with Crippen LogP contribution in [0.25, 0.3) is 0 Å². The predicted molar refractivity (Wildman–Crippen MR) is 134 cm³/mol. The standard InChI is InChI=1S/C25H35N3O5S/c1-7-26-25(30)19(4)27(16-20-8-14-23(33-5)15-9-20)24(29)17-28(34(6,31)32)22-12-10-21(11-13-22)18(2)3/h8-15,18-19H,7,16-17H2,1-6H3,(H,26,30)/t19-/m1/s1. The largest absolute Gasteiger partial charge is 0.497 e. The molecule has 186 valence electrons. The van der Waals surface area contributed by atoms with E-state index in [4.69, 9.17) is 4.74 Å². The minimum atomic E-state index is -3.75. The first-order chi connectivity index (χ1) is 16.0. The lowest BCUT2D eigenvalue weighted by atomic mass is 10.0. The average molecular weight is 490 g/mol. The van der Waals surface area contributed by atoms with Gasteiger partial charge in [0.15, 0.2) is 0 Å². The highest BCUT2D eigenvalue weighted by atomic mass is 32.2. The number of rotatable bonds is 11. The van der Waals surface area contributed by atoms with Crippen LogP contribution in [0.3, 0.4) is 0 Å². The Hall–Kier alpha value is -3.07. The highest BCUT2D eigenvalue weighted by Gasteiger charge is 2.30. The van der Waals surface area contributed by atoms with E-state index in [2.05, 4.69) is 5.32 Å². The van der Waals surface area contributed by atoms with Crippen LogP contribution >= 0.6 is 0 Å². The fourth-order valence-corrected chi connectivity index (χ4v) is 4.32. The molecule has 0 aliphatic heterocycles. The van der Waals surface area contributed by atoms with Crippen LogP contribution in [0.15, 0.2) is 48.5 Å². The molecule has 2 aromatic carbocycles. The van der Waals surface area contributed by atoms with Gasteiger partial charge in [0.25, 0.3) is 0 Å². The van der Waals surface area contributed by atoms with Gasteiger partial charge >= 0.3 is 0 Å². The summed E-state index contributed by atoms with van der Waals surface area (Å²) in [7, 11) is -2.18. The highest BCUT2D eigenvalue weighted by Crippen LogP contribution is 2.23. The quantitative estimate of drug-likeness (QED) is 0.523. The van der Waals surface area contributed by atoms with Crippen LogP contribution < -0.4 is 14.4 Å². The van der Waals surface area contributed by atoms with Gasteiger partial charge < -0.3 is 15.0 Å². The maximum atomic E-state index is 13.4. The Morgan fingerprint density at radius 1 is 1.00 bits per heavy atom. The van der Waals surface area contributed by atoms with Gasteiger partial charge in [-0.1, -0.05) is 38.1 Å². The van der Waals surface area contributed by atoms with Crippen molar-refractivity contribution in [2.45, 2.75) is 46.2 Å². The number of ether oxygens (including phenoxy) is 1.